The van der Waals surface area contributed by atoms with Crippen molar-refractivity contribution in [2.45, 2.75) is 31.9 Å². The Hall–Kier alpha value is -0.760. The van der Waals surface area contributed by atoms with Crippen LogP contribution in [0.2, 0.25) is 0 Å². The van der Waals surface area contributed by atoms with Crippen LogP contribution in [0.4, 0.5) is 13.2 Å². The molecule has 1 atom stereocenters. The van der Waals surface area contributed by atoms with Gasteiger partial charge in [0, 0.05) is 13.0 Å². The summed E-state index contributed by atoms with van der Waals surface area (Å²) in [6.07, 6.45) is -2.11. The van der Waals surface area contributed by atoms with E-state index in [2.05, 4.69) is 0 Å². The summed E-state index contributed by atoms with van der Waals surface area (Å²) in [5.74, 6) is -1.17. The van der Waals surface area contributed by atoms with Gasteiger partial charge in [-0.3, -0.25) is 0 Å². The van der Waals surface area contributed by atoms with Crippen LogP contribution in [0.25, 0.3) is 0 Å². The maximum Gasteiger partial charge on any atom is 0.393 e. The highest BCUT2D eigenvalue weighted by atomic mass is 19.4. The molecule has 1 rings (SSSR count). The second kappa shape index (κ2) is 5.36. The van der Waals surface area contributed by atoms with Crippen LogP contribution < -0.4 is 0 Å². The van der Waals surface area contributed by atoms with E-state index in [9.17, 15) is 13.2 Å². The summed E-state index contributed by atoms with van der Waals surface area (Å²) in [5, 5.41) is 8.33. The molecule has 0 aromatic heterocycles. The van der Waals surface area contributed by atoms with Gasteiger partial charge in [0.25, 0.3) is 0 Å². The van der Waals surface area contributed by atoms with Gasteiger partial charge in [-0.1, -0.05) is 0 Å². The largest absolute Gasteiger partial charge is 0.393 e. The SMILES string of the molecule is N#CCCCN1CCCC(C(F)(F)F)C1. The molecular weight excluding hydrogens is 205 g/mol. The van der Waals surface area contributed by atoms with Gasteiger partial charge in [0.1, 0.15) is 0 Å². The highest BCUT2D eigenvalue weighted by molar-refractivity contribution is 4.79. The molecule has 0 bridgehead atoms. The second-order valence-corrected chi connectivity index (χ2v) is 3.94. The lowest BCUT2D eigenvalue weighted by Gasteiger charge is -2.33. The van der Waals surface area contributed by atoms with Crippen molar-refractivity contribution in [3.63, 3.8) is 0 Å². The molecular formula is C10H15F3N2. The third-order valence-electron chi connectivity index (χ3n) is 2.73. The summed E-state index contributed by atoms with van der Waals surface area (Å²) in [6.45, 7) is 1.45. The number of rotatable bonds is 3. The van der Waals surface area contributed by atoms with Gasteiger partial charge in [0.15, 0.2) is 0 Å². The Kier molecular flexibility index (Phi) is 4.40. The minimum atomic E-state index is -4.06. The second-order valence-electron chi connectivity index (χ2n) is 3.94. The maximum atomic E-state index is 12.4. The molecule has 1 heterocycles. The number of nitrogens with zero attached hydrogens (tertiary/aromatic N) is 2. The Morgan fingerprint density at radius 2 is 2.13 bits per heavy atom. The van der Waals surface area contributed by atoms with E-state index in [0.29, 0.717) is 25.8 Å². The first kappa shape index (κ1) is 12.3. The van der Waals surface area contributed by atoms with Crippen molar-refractivity contribution in [1.82, 2.24) is 4.90 Å². The number of unbranched alkanes of at least 4 members (excludes halogenated alkanes) is 1. The number of hydrogen-bond acceptors (Lipinski definition) is 2. The Balaban J connectivity index is 2.33. The molecule has 86 valence electrons. The summed E-state index contributed by atoms with van der Waals surface area (Å²) in [7, 11) is 0. The molecule has 0 aliphatic carbocycles. The minimum Gasteiger partial charge on any atom is -0.303 e. The first-order chi connectivity index (χ1) is 7.04. The molecule has 5 heteroatoms. The summed E-state index contributed by atoms with van der Waals surface area (Å²) in [6, 6.07) is 2.00. The summed E-state index contributed by atoms with van der Waals surface area (Å²) >= 11 is 0. The lowest BCUT2D eigenvalue weighted by atomic mass is 9.97. The van der Waals surface area contributed by atoms with Gasteiger partial charge in [-0.2, -0.15) is 18.4 Å². The number of halogens is 3. The number of piperidine rings is 1. The predicted molar refractivity (Wildman–Crippen MR) is 50.1 cm³/mol. The van der Waals surface area contributed by atoms with E-state index in [0.717, 1.165) is 6.54 Å². The first-order valence-electron chi connectivity index (χ1n) is 5.20. The van der Waals surface area contributed by atoms with Crippen molar-refractivity contribution in [3.8, 4) is 6.07 Å². The molecule has 1 aliphatic rings. The molecule has 2 nitrogen and oxygen atoms in total. The van der Waals surface area contributed by atoms with Gasteiger partial charge in [-0.05, 0) is 32.4 Å². The maximum absolute atomic E-state index is 12.4. The molecule has 1 unspecified atom stereocenters. The van der Waals surface area contributed by atoms with Gasteiger partial charge in [-0.15, -0.1) is 0 Å². The van der Waals surface area contributed by atoms with Gasteiger partial charge < -0.3 is 4.90 Å². The van der Waals surface area contributed by atoms with Crippen LogP contribution in [-0.2, 0) is 0 Å². The third kappa shape index (κ3) is 4.08. The normalized spacial score (nSPS) is 23.7. The average Bonchev–Trinajstić information content (AvgIpc) is 2.17. The van der Waals surface area contributed by atoms with E-state index >= 15 is 0 Å². The average molecular weight is 220 g/mol. The zero-order valence-electron chi connectivity index (χ0n) is 8.56. The lowest BCUT2D eigenvalue weighted by molar-refractivity contribution is -0.186. The van der Waals surface area contributed by atoms with Crippen LogP contribution in [0.15, 0.2) is 0 Å². The van der Waals surface area contributed by atoms with Crippen LogP contribution in [0, 0.1) is 17.2 Å². The molecule has 0 amide bonds. The van der Waals surface area contributed by atoms with Crippen LogP contribution in [0.5, 0.6) is 0 Å². The topological polar surface area (TPSA) is 27.0 Å². The van der Waals surface area contributed by atoms with Gasteiger partial charge >= 0.3 is 6.18 Å². The van der Waals surface area contributed by atoms with Crippen molar-refractivity contribution in [1.29, 1.82) is 5.26 Å². The van der Waals surface area contributed by atoms with Crippen LogP contribution >= 0.6 is 0 Å². The van der Waals surface area contributed by atoms with E-state index in [1.165, 1.54) is 0 Å². The van der Waals surface area contributed by atoms with Crippen molar-refractivity contribution >= 4 is 0 Å². The molecule has 0 N–H and O–H groups in total. The molecule has 1 aliphatic heterocycles. The van der Waals surface area contributed by atoms with E-state index in [1.807, 2.05) is 11.0 Å². The molecule has 0 aromatic carbocycles. The zero-order chi connectivity index (χ0) is 11.3. The van der Waals surface area contributed by atoms with Gasteiger partial charge in [0.05, 0.1) is 12.0 Å². The number of likely N-dealkylation sites (tertiary alicyclic amines) is 1. The number of nitriles is 1. The third-order valence-corrected chi connectivity index (χ3v) is 2.73. The first-order valence-corrected chi connectivity index (χ1v) is 5.20. The van der Waals surface area contributed by atoms with Gasteiger partial charge in [0.2, 0.25) is 0 Å². The monoisotopic (exact) mass is 220 g/mol. The zero-order valence-corrected chi connectivity index (χ0v) is 8.56. The molecule has 1 fully saturated rings. The Labute approximate surface area is 87.7 Å². The summed E-state index contributed by atoms with van der Waals surface area (Å²) < 4.78 is 37.3. The fraction of sp³-hybridized carbons (Fsp3) is 0.900. The standard InChI is InChI=1S/C10H15F3N2/c11-10(12,13)9-4-3-7-15(8-9)6-2-1-5-14/h9H,1-4,6-8H2. The minimum absolute atomic E-state index is 0.106. The van der Waals surface area contributed by atoms with Crippen LogP contribution in [0.3, 0.4) is 0 Å². The Morgan fingerprint density at radius 3 is 2.73 bits per heavy atom. The molecule has 0 radical (unpaired) electrons. The van der Waals surface area contributed by atoms with Crippen LogP contribution in [-0.4, -0.2) is 30.7 Å². The number of hydrogen-bond donors (Lipinski definition) is 0. The fourth-order valence-electron chi connectivity index (χ4n) is 1.91. The highest BCUT2D eigenvalue weighted by Crippen LogP contribution is 2.33. The summed E-state index contributed by atoms with van der Waals surface area (Å²) in [4.78, 5) is 1.82. The van der Waals surface area contributed by atoms with Crippen LogP contribution in [0.1, 0.15) is 25.7 Å². The van der Waals surface area contributed by atoms with Crippen molar-refractivity contribution in [3.05, 3.63) is 0 Å². The molecule has 0 aromatic rings. The smallest absolute Gasteiger partial charge is 0.303 e. The van der Waals surface area contributed by atoms with Gasteiger partial charge in [-0.25, -0.2) is 0 Å². The summed E-state index contributed by atoms with van der Waals surface area (Å²) in [5.41, 5.74) is 0. The van der Waals surface area contributed by atoms with Crippen molar-refractivity contribution in [2.75, 3.05) is 19.6 Å². The van der Waals surface area contributed by atoms with E-state index < -0.39 is 12.1 Å². The van der Waals surface area contributed by atoms with E-state index in [1.54, 1.807) is 0 Å². The quantitative estimate of drug-likeness (QED) is 0.683. The van der Waals surface area contributed by atoms with E-state index in [-0.39, 0.29) is 13.0 Å². The molecule has 0 saturated carbocycles. The lowest BCUT2D eigenvalue weighted by Crippen LogP contribution is -2.41. The predicted octanol–water partition coefficient (Wildman–Crippen LogP) is 2.56. The number of alkyl halides is 3. The molecule has 0 spiro atoms. The Bertz CT molecular complexity index is 232. The molecule has 1 saturated heterocycles. The highest BCUT2D eigenvalue weighted by Gasteiger charge is 2.41. The fourth-order valence-corrected chi connectivity index (χ4v) is 1.91. The Morgan fingerprint density at radius 1 is 1.40 bits per heavy atom. The van der Waals surface area contributed by atoms with E-state index in [4.69, 9.17) is 5.26 Å². The van der Waals surface area contributed by atoms with Crippen molar-refractivity contribution < 1.29 is 13.2 Å². The molecule has 15 heavy (non-hydrogen) atoms. The van der Waals surface area contributed by atoms with Crippen molar-refractivity contribution in [2.24, 2.45) is 5.92 Å².